The van der Waals surface area contributed by atoms with Crippen LogP contribution in [0.2, 0.25) is 0 Å². The molecule has 0 aliphatic rings. The number of aromatic nitrogens is 1. The number of amides is 1. The minimum atomic E-state index is -3.26. The minimum Gasteiger partial charge on any atom is -0.497 e. The molecule has 0 unspecified atom stereocenters. The molecule has 0 saturated carbocycles. The van der Waals surface area contributed by atoms with Crippen LogP contribution in [0.5, 0.6) is 5.75 Å². The molecule has 0 radical (unpaired) electrons. The summed E-state index contributed by atoms with van der Waals surface area (Å²) in [6.45, 7) is 1.96. The first-order chi connectivity index (χ1) is 14.8. The molecule has 3 rings (SSSR count). The number of nitrogens with one attached hydrogen (secondary N) is 1. The lowest BCUT2D eigenvalue weighted by atomic mass is 9.97. The lowest BCUT2D eigenvalue weighted by Crippen LogP contribution is -2.24. The Balaban J connectivity index is 1.91. The molecule has 1 N–H and O–H groups in total. The molecule has 0 spiro atoms. The van der Waals surface area contributed by atoms with Crippen LogP contribution in [0.3, 0.4) is 0 Å². The number of methoxy groups -OCH3 is 1. The van der Waals surface area contributed by atoms with Crippen molar-refractivity contribution < 1.29 is 17.9 Å². The van der Waals surface area contributed by atoms with Crippen molar-refractivity contribution in [2.45, 2.75) is 18.4 Å². The van der Waals surface area contributed by atoms with Crippen LogP contribution in [0.4, 0.5) is 0 Å². The van der Waals surface area contributed by atoms with Gasteiger partial charge in [-0.25, -0.2) is 13.4 Å². The van der Waals surface area contributed by atoms with E-state index in [4.69, 9.17) is 4.74 Å². The Kier molecular flexibility index (Phi) is 6.73. The van der Waals surface area contributed by atoms with E-state index in [1.54, 1.807) is 38.4 Å². The number of carbonyl (C=O) groups is 1. The summed E-state index contributed by atoms with van der Waals surface area (Å²) in [7, 11) is -1.68. The number of sulfone groups is 1. The molecular weight excluding hydrogens is 412 g/mol. The highest BCUT2D eigenvalue weighted by molar-refractivity contribution is 7.90. The molecule has 0 saturated heterocycles. The molecule has 1 amide bonds. The SMILES string of the molecule is CC#Cc1nccc(C(=O)NCc2ccc(S(C)(=O)=O)cc2)c1-c1cccc(OC)c1. The van der Waals surface area contributed by atoms with Crippen LogP contribution in [-0.2, 0) is 16.4 Å². The number of benzene rings is 2. The van der Waals surface area contributed by atoms with Gasteiger partial charge in [-0.1, -0.05) is 30.2 Å². The van der Waals surface area contributed by atoms with Crippen molar-refractivity contribution in [3.63, 3.8) is 0 Å². The molecule has 158 valence electrons. The Labute approximate surface area is 182 Å². The molecular formula is C24H22N2O4S. The molecule has 0 aliphatic carbocycles. The van der Waals surface area contributed by atoms with Gasteiger partial charge in [0.15, 0.2) is 9.84 Å². The Morgan fingerprint density at radius 1 is 1.13 bits per heavy atom. The fraction of sp³-hybridized carbons (Fsp3) is 0.167. The number of rotatable bonds is 6. The van der Waals surface area contributed by atoms with Gasteiger partial charge >= 0.3 is 0 Å². The third kappa shape index (κ3) is 5.30. The summed E-state index contributed by atoms with van der Waals surface area (Å²) in [5.74, 6) is 6.18. The van der Waals surface area contributed by atoms with Crippen LogP contribution in [0.15, 0.2) is 65.7 Å². The van der Waals surface area contributed by atoms with Gasteiger partial charge in [0, 0.05) is 24.6 Å². The molecule has 3 aromatic rings. The van der Waals surface area contributed by atoms with Crippen molar-refractivity contribution >= 4 is 15.7 Å². The highest BCUT2D eigenvalue weighted by atomic mass is 32.2. The summed E-state index contributed by atoms with van der Waals surface area (Å²) in [4.78, 5) is 17.6. The highest BCUT2D eigenvalue weighted by Gasteiger charge is 2.17. The zero-order chi connectivity index (χ0) is 22.4. The van der Waals surface area contributed by atoms with Crippen LogP contribution >= 0.6 is 0 Å². The second-order valence-electron chi connectivity index (χ2n) is 6.79. The van der Waals surface area contributed by atoms with Crippen LogP contribution < -0.4 is 10.1 Å². The average molecular weight is 435 g/mol. The van der Waals surface area contributed by atoms with Gasteiger partial charge in [0.2, 0.25) is 0 Å². The second-order valence-corrected chi connectivity index (χ2v) is 8.80. The van der Waals surface area contributed by atoms with Gasteiger partial charge in [0.25, 0.3) is 5.91 Å². The fourth-order valence-electron chi connectivity index (χ4n) is 3.07. The Bertz CT molecular complexity index is 1270. The molecule has 2 aromatic carbocycles. The molecule has 0 atom stereocenters. The topological polar surface area (TPSA) is 85.4 Å². The standard InChI is InChI=1S/C24H22N2O4S/c1-4-6-22-23(18-7-5-8-19(15-18)30-2)21(13-14-25-22)24(27)26-16-17-9-11-20(12-10-17)31(3,28)29/h5,7-15H,16H2,1-3H3,(H,26,27). The van der Waals surface area contributed by atoms with Gasteiger partial charge in [-0.2, -0.15) is 0 Å². The van der Waals surface area contributed by atoms with E-state index in [0.717, 1.165) is 17.4 Å². The Hall–Kier alpha value is -3.63. The average Bonchev–Trinajstić information content (AvgIpc) is 2.77. The second kappa shape index (κ2) is 9.45. The lowest BCUT2D eigenvalue weighted by molar-refractivity contribution is 0.0951. The van der Waals surface area contributed by atoms with Gasteiger partial charge in [-0.3, -0.25) is 4.79 Å². The summed E-state index contributed by atoms with van der Waals surface area (Å²) in [6.07, 6.45) is 2.71. The maximum absolute atomic E-state index is 13.0. The molecule has 0 aliphatic heterocycles. The largest absolute Gasteiger partial charge is 0.497 e. The van der Waals surface area contributed by atoms with Crippen molar-refractivity contribution in [1.29, 1.82) is 0 Å². The highest BCUT2D eigenvalue weighted by Crippen LogP contribution is 2.29. The van der Waals surface area contributed by atoms with Crippen molar-refractivity contribution in [2.75, 3.05) is 13.4 Å². The molecule has 0 fully saturated rings. The molecule has 0 bridgehead atoms. The summed E-state index contributed by atoms with van der Waals surface area (Å²) in [5.41, 5.74) is 3.12. The van der Waals surface area contributed by atoms with Gasteiger partial charge in [-0.15, -0.1) is 0 Å². The van der Waals surface area contributed by atoms with E-state index in [2.05, 4.69) is 22.1 Å². The first-order valence-electron chi connectivity index (χ1n) is 9.47. The number of carbonyl (C=O) groups excluding carboxylic acids is 1. The fourth-order valence-corrected chi connectivity index (χ4v) is 3.70. The zero-order valence-corrected chi connectivity index (χ0v) is 18.3. The molecule has 6 nitrogen and oxygen atoms in total. The lowest BCUT2D eigenvalue weighted by Gasteiger charge is -2.13. The third-order valence-electron chi connectivity index (χ3n) is 4.60. The van der Waals surface area contributed by atoms with Crippen molar-refractivity contribution in [3.8, 4) is 28.7 Å². The maximum atomic E-state index is 13.0. The number of hydrogen-bond acceptors (Lipinski definition) is 5. The quantitative estimate of drug-likeness (QED) is 0.601. The predicted molar refractivity (Wildman–Crippen MR) is 119 cm³/mol. The predicted octanol–water partition coefficient (Wildman–Crippen LogP) is 3.46. The number of ether oxygens (including phenoxy) is 1. The normalized spacial score (nSPS) is 10.7. The van der Waals surface area contributed by atoms with E-state index in [1.807, 2.05) is 24.3 Å². The van der Waals surface area contributed by atoms with Crippen molar-refractivity contribution in [3.05, 3.63) is 77.6 Å². The molecule has 1 heterocycles. The van der Waals surface area contributed by atoms with E-state index in [1.165, 1.54) is 12.1 Å². The van der Waals surface area contributed by atoms with Crippen LogP contribution in [-0.4, -0.2) is 32.7 Å². The van der Waals surface area contributed by atoms with E-state index >= 15 is 0 Å². The molecule has 31 heavy (non-hydrogen) atoms. The Morgan fingerprint density at radius 3 is 2.52 bits per heavy atom. The van der Waals surface area contributed by atoms with E-state index in [9.17, 15) is 13.2 Å². The summed E-state index contributed by atoms with van der Waals surface area (Å²) >= 11 is 0. The van der Waals surface area contributed by atoms with Gasteiger partial charge < -0.3 is 10.1 Å². The van der Waals surface area contributed by atoms with Crippen molar-refractivity contribution in [2.24, 2.45) is 0 Å². The number of hydrogen-bond donors (Lipinski definition) is 1. The van der Waals surface area contributed by atoms with Crippen molar-refractivity contribution in [1.82, 2.24) is 10.3 Å². The van der Waals surface area contributed by atoms with Crippen LogP contribution in [0, 0.1) is 11.8 Å². The smallest absolute Gasteiger partial charge is 0.252 e. The summed E-state index contributed by atoms with van der Waals surface area (Å²) in [5, 5.41) is 2.89. The van der Waals surface area contributed by atoms with Crippen LogP contribution in [0.25, 0.3) is 11.1 Å². The maximum Gasteiger partial charge on any atom is 0.252 e. The third-order valence-corrected chi connectivity index (χ3v) is 5.73. The Morgan fingerprint density at radius 2 is 1.87 bits per heavy atom. The summed E-state index contributed by atoms with van der Waals surface area (Å²) in [6, 6.07) is 15.4. The zero-order valence-electron chi connectivity index (χ0n) is 17.5. The van der Waals surface area contributed by atoms with Gasteiger partial charge in [-0.05, 0) is 54.3 Å². The number of nitrogens with zero attached hydrogens (tertiary/aromatic N) is 1. The van der Waals surface area contributed by atoms with E-state index in [0.29, 0.717) is 22.6 Å². The first-order valence-corrected chi connectivity index (χ1v) is 11.4. The molecule has 7 heteroatoms. The molecule has 1 aromatic heterocycles. The number of pyridine rings is 1. The summed E-state index contributed by atoms with van der Waals surface area (Å²) < 4.78 is 28.5. The van der Waals surface area contributed by atoms with Crippen LogP contribution in [0.1, 0.15) is 28.5 Å². The van der Waals surface area contributed by atoms with E-state index in [-0.39, 0.29) is 17.3 Å². The van der Waals surface area contributed by atoms with Gasteiger partial charge in [0.05, 0.1) is 17.6 Å². The first kappa shape index (κ1) is 22.1. The van der Waals surface area contributed by atoms with E-state index < -0.39 is 9.84 Å². The van der Waals surface area contributed by atoms with Gasteiger partial charge in [0.1, 0.15) is 11.4 Å². The minimum absolute atomic E-state index is 0.236. The monoisotopic (exact) mass is 434 g/mol.